The SMILES string of the molecule is C/C=C\C(=C/CC)n1c2ccccc2c2ccc3c4ccccc4n(CC)c3c21.CC.CC.CC. The lowest BCUT2D eigenvalue weighted by Crippen LogP contribution is -1.99. The fourth-order valence-corrected chi connectivity index (χ4v) is 4.80. The van der Waals surface area contributed by atoms with Crippen molar-refractivity contribution in [3.63, 3.8) is 0 Å². The van der Waals surface area contributed by atoms with E-state index in [1.165, 1.54) is 49.3 Å². The van der Waals surface area contributed by atoms with Crippen molar-refractivity contribution in [3.05, 3.63) is 78.9 Å². The predicted octanol–water partition coefficient (Wildman–Crippen LogP) is 10.8. The van der Waals surface area contributed by atoms with Gasteiger partial charge in [-0.05, 0) is 38.5 Å². The smallest absolute Gasteiger partial charge is 0.0785 e. The van der Waals surface area contributed by atoms with Gasteiger partial charge in [-0.25, -0.2) is 0 Å². The van der Waals surface area contributed by atoms with Gasteiger partial charge in [0.2, 0.25) is 0 Å². The maximum Gasteiger partial charge on any atom is 0.0785 e. The molecule has 0 saturated carbocycles. The van der Waals surface area contributed by atoms with E-state index >= 15 is 0 Å². The van der Waals surface area contributed by atoms with E-state index in [-0.39, 0.29) is 0 Å². The van der Waals surface area contributed by atoms with E-state index in [1.54, 1.807) is 0 Å². The Hall–Kier alpha value is -3.26. The summed E-state index contributed by atoms with van der Waals surface area (Å²) >= 11 is 0. The first kappa shape index (κ1) is 28.0. The molecule has 2 heterocycles. The Balaban J connectivity index is 0.000000671. The zero-order valence-corrected chi connectivity index (χ0v) is 23.3. The van der Waals surface area contributed by atoms with Crippen LogP contribution < -0.4 is 0 Å². The highest BCUT2D eigenvalue weighted by atomic mass is 15.0. The molecule has 0 aliphatic carbocycles. The Morgan fingerprint density at radius 3 is 1.71 bits per heavy atom. The van der Waals surface area contributed by atoms with Gasteiger partial charge in [0.1, 0.15) is 0 Å². The number of allylic oxidation sites excluding steroid dienone is 4. The van der Waals surface area contributed by atoms with Crippen LogP contribution in [-0.2, 0) is 6.54 Å². The average molecular weight is 469 g/mol. The number of nitrogens with zero attached hydrogens (tertiary/aromatic N) is 2. The fraction of sp³-hybridized carbons (Fsp3) is 0.333. The van der Waals surface area contributed by atoms with Gasteiger partial charge in [0.15, 0.2) is 0 Å². The molecule has 0 aliphatic heterocycles. The number of rotatable bonds is 4. The van der Waals surface area contributed by atoms with E-state index in [0.29, 0.717) is 0 Å². The average Bonchev–Trinajstić information content (AvgIpc) is 3.44. The molecule has 0 amide bonds. The number of aromatic nitrogens is 2. The van der Waals surface area contributed by atoms with Crippen LogP contribution in [0.3, 0.4) is 0 Å². The minimum absolute atomic E-state index is 0.946. The summed E-state index contributed by atoms with van der Waals surface area (Å²) in [4.78, 5) is 0. The summed E-state index contributed by atoms with van der Waals surface area (Å²) in [6, 6.07) is 22.2. The summed E-state index contributed by atoms with van der Waals surface area (Å²) in [6.07, 6.45) is 7.69. The third-order valence-corrected chi connectivity index (χ3v) is 5.89. The molecule has 0 saturated heterocycles. The zero-order valence-electron chi connectivity index (χ0n) is 23.3. The topological polar surface area (TPSA) is 9.86 Å². The van der Waals surface area contributed by atoms with Crippen LogP contribution in [0.5, 0.6) is 0 Å². The second-order valence-corrected chi connectivity index (χ2v) is 7.51. The lowest BCUT2D eigenvalue weighted by molar-refractivity contribution is 0.828. The van der Waals surface area contributed by atoms with Crippen LogP contribution in [0.4, 0.5) is 0 Å². The van der Waals surface area contributed by atoms with Gasteiger partial charge in [-0.1, -0.05) is 109 Å². The maximum atomic E-state index is 2.47. The summed E-state index contributed by atoms with van der Waals surface area (Å²) in [5.74, 6) is 0. The second-order valence-electron chi connectivity index (χ2n) is 7.51. The van der Waals surface area contributed by atoms with Gasteiger partial charge >= 0.3 is 0 Å². The molecule has 0 unspecified atom stereocenters. The lowest BCUT2D eigenvalue weighted by Gasteiger charge is -2.12. The first-order valence-electron chi connectivity index (χ1n) is 13.6. The van der Waals surface area contributed by atoms with E-state index in [4.69, 9.17) is 0 Å². The highest BCUT2D eigenvalue weighted by molar-refractivity contribution is 6.23. The number of benzene rings is 3. The molecule has 3 aromatic carbocycles. The molecule has 0 aliphatic rings. The summed E-state index contributed by atoms with van der Waals surface area (Å²) in [5, 5.41) is 5.28. The Bertz CT molecular complexity index is 1420. The predicted molar refractivity (Wildman–Crippen MR) is 162 cm³/mol. The summed E-state index contributed by atoms with van der Waals surface area (Å²) in [5.41, 5.74) is 6.44. The minimum atomic E-state index is 0.946. The molecule has 0 fully saturated rings. The van der Waals surface area contributed by atoms with Gasteiger partial charge < -0.3 is 9.13 Å². The highest BCUT2D eigenvalue weighted by Crippen LogP contribution is 2.40. The van der Waals surface area contributed by atoms with Crippen molar-refractivity contribution < 1.29 is 0 Å². The lowest BCUT2D eigenvalue weighted by atomic mass is 10.1. The molecule has 0 N–H and O–H groups in total. The van der Waals surface area contributed by atoms with Gasteiger partial charge in [0.25, 0.3) is 0 Å². The normalized spacial score (nSPS) is 11.3. The van der Waals surface area contributed by atoms with Crippen molar-refractivity contribution in [2.45, 2.75) is 75.3 Å². The van der Waals surface area contributed by atoms with Crippen LogP contribution in [-0.4, -0.2) is 9.13 Å². The molecule has 35 heavy (non-hydrogen) atoms. The van der Waals surface area contributed by atoms with E-state index in [2.05, 4.69) is 109 Å². The third-order valence-electron chi connectivity index (χ3n) is 5.89. The van der Waals surface area contributed by atoms with Crippen molar-refractivity contribution in [1.82, 2.24) is 9.13 Å². The van der Waals surface area contributed by atoms with Crippen LogP contribution >= 0.6 is 0 Å². The van der Waals surface area contributed by atoms with Crippen LogP contribution in [0.1, 0.15) is 68.7 Å². The molecule has 0 atom stereocenters. The number of aryl methyl sites for hydroxylation is 1. The largest absolute Gasteiger partial charge is 0.339 e. The Kier molecular flexibility index (Phi) is 10.9. The van der Waals surface area contributed by atoms with Gasteiger partial charge in [-0.3, -0.25) is 0 Å². The van der Waals surface area contributed by atoms with Gasteiger partial charge in [0.05, 0.1) is 16.6 Å². The first-order valence-corrected chi connectivity index (χ1v) is 13.6. The monoisotopic (exact) mass is 468 g/mol. The van der Waals surface area contributed by atoms with E-state index in [1.807, 2.05) is 41.5 Å². The highest BCUT2D eigenvalue weighted by Gasteiger charge is 2.19. The minimum Gasteiger partial charge on any atom is -0.339 e. The number of hydrogen-bond donors (Lipinski definition) is 0. The molecule has 5 rings (SSSR count). The molecule has 0 radical (unpaired) electrons. The fourth-order valence-electron chi connectivity index (χ4n) is 4.80. The zero-order chi connectivity index (χ0) is 26.0. The van der Waals surface area contributed by atoms with Crippen molar-refractivity contribution in [3.8, 4) is 0 Å². The maximum absolute atomic E-state index is 2.47. The molecular weight excluding hydrogens is 424 g/mol. The van der Waals surface area contributed by atoms with Gasteiger partial charge in [0, 0.05) is 39.3 Å². The first-order chi connectivity index (χ1) is 17.3. The Morgan fingerprint density at radius 1 is 0.657 bits per heavy atom. The van der Waals surface area contributed by atoms with E-state index < -0.39 is 0 Å². The molecule has 5 aromatic rings. The number of hydrogen-bond acceptors (Lipinski definition) is 0. The number of para-hydroxylation sites is 2. The molecular formula is C33H44N2. The van der Waals surface area contributed by atoms with E-state index in [9.17, 15) is 0 Å². The van der Waals surface area contributed by atoms with Crippen molar-refractivity contribution >= 4 is 49.3 Å². The Morgan fingerprint density at radius 2 is 1.17 bits per heavy atom. The molecule has 2 heteroatoms. The number of fused-ring (bicyclic) bond motifs is 7. The van der Waals surface area contributed by atoms with Gasteiger partial charge in [-0.15, -0.1) is 0 Å². The van der Waals surface area contributed by atoms with Crippen LogP contribution in [0.2, 0.25) is 0 Å². The molecule has 0 spiro atoms. The summed E-state index contributed by atoms with van der Waals surface area (Å²) < 4.78 is 4.93. The molecule has 0 bridgehead atoms. The molecule has 2 nitrogen and oxygen atoms in total. The quantitative estimate of drug-likeness (QED) is 0.232. The van der Waals surface area contributed by atoms with Crippen LogP contribution in [0.15, 0.2) is 78.9 Å². The molecule has 2 aromatic heterocycles. The summed E-state index contributed by atoms with van der Waals surface area (Å²) in [6.45, 7) is 19.5. The van der Waals surface area contributed by atoms with Crippen molar-refractivity contribution in [2.24, 2.45) is 0 Å². The third kappa shape index (κ3) is 4.93. The second kappa shape index (κ2) is 13.6. The van der Waals surface area contributed by atoms with Crippen LogP contribution in [0.25, 0.3) is 49.3 Å². The van der Waals surface area contributed by atoms with Crippen molar-refractivity contribution in [2.75, 3.05) is 0 Å². The van der Waals surface area contributed by atoms with E-state index in [0.717, 1.165) is 13.0 Å². The van der Waals surface area contributed by atoms with Gasteiger partial charge in [-0.2, -0.15) is 0 Å². The summed E-state index contributed by atoms with van der Waals surface area (Å²) in [7, 11) is 0. The molecule has 186 valence electrons. The van der Waals surface area contributed by atoms with Crippen LogP contribution in [0, 0.1) is 0 Å². The Labute approximate surface area is 212 Å². The standard InChI is InChI=1S/C27H26N2.3C2H6/c1-4-11-19(12-5-2)29-25-16-10-8-14-21(25)23-18-17-22-20-13-7-9-15-24(20)28(6-3)26(22)27(23)29;3*1-2/h4,7-18H,5-6H2,1-3H3;3*1-2H3/b11-4-,19-12+;;;. The van der Waals surface area contributed by atoms with Crippen molar-refractivity contribution in [1.29, 1.82) is 0 Å².